The van der Waals surface area contributed by atoms with Gasteiger partial charge >= 0.3 is 5.97 Å². The molecule has 0 fully saturated rings. The molecule has 6 heteroatoms. The number of nitrogens with one attached hydrogen (secondary N) is 1. The number of carbonyl (C=O) groups excluding carboxylic acids is 1. The Bertz CT molecular complexity index is 663. The number of carbonyl (C=O) groups is 2. The Morgan fingerprint density at radius 3 is 2.71 bits per heavy atom. The minimum absolute atomic E-state index is 0.182. The summed E-state index contributed by atoms with van der Waals surface area (Å²) in [7, 11) is 0. The average Bonchev–Trinajstić information content (AvgIpc) is 2.98. The molecule has 1 heterocycles. The molecule has 0 saturated carbocycles. The summed E-state index contributed by atoms with van der Waals surface area (Å²) in [6.45, 7) is 4.04. The van der Waals surface area contributed by atoms with Crippen molar-refractivity contribution in [2.45, 2.75) is 26.3 Å². The van der Waals surface area contributed by atoms with Gasteiger partial charge in [-0.1, -0.05) is 38.1 Å². The summed E-state index contributed by atoms with van der Waals surface area (Å²) < 4.78 is 10.5. The van der Waals surface area contributed by atoms with E-state index in [4.69, 9.17) is 14.6 Å². The highest BCUT2D eigenvalue weighted by Gasteiger charge is 2.19. The van der Waals surface area contributed by atoms with Gasteiger partial charge in [0.05, 0.1) is 0 Å². The SMILES string of the molecule is CC(C)C[C@H](NC(=O)/C=C/C=C/c1ccc2c(c1)OCO2)C(=O)O. The quantitative estimate of drug-likeness (QED) is 0.592. The molecule has 1 aromatic carbocycles. The molecule has 1 aromatic rings. The number of allylic oxidation sites excluding steroid dienone is 2. The van der Waals surface area contributed by atoms with E-state index in [-0.39, 0.29) is 12.7 Å². The first kappa shape index (κ1) is 17.6. The first-order valence-corrected chi connectivity index (χ1v) is 7.73. The third-order valence-corrected chi connectivity index (χ3v) is 3.37. The van der Waals surface area contributed by atoms with Crippen molar-refractivity contribution in [2.75, 3.05) is 6.79 Å². The fourth-order valence-corrected chi connectivity index (χ4v) is 2.24. The van der Waals surface area contributed by atoms with Crippen molar-refractivity contribution in [3.05, 3.63) is 42.0 Å². The second-order valence-corrected chi connectivity index (χ2v) is 5.86. The molecule has 1 atom stereocenters. The van der Waals surface area contributed by atoms with Crippen LogP contribution in [-0.2, 0) is 9.59 Å². The van der Waals surface area contributed by atoms with E-state index >= 15 is 0 Å². The predicted octanol–water partition coefficient (Wildman–Crippen LogP) is 2.60. The second kappa shape index (κ2) is 8.19. The first-order valence-electron chi connectivity index (χ1n) is 7.73. The lowest BCUT2D eigenvalue weighted by atomic mass is 10.0. The molecule has 0 aromatic heterocycles. The van der Waals surface area contributed by atoms with Crippen molar-refractivity contribution >= 4 is 18.0 Å². The molecular formula is C18H21NO5. The predicted molar refractivity (Wildman–Crippen MR) is 89.8 cm³/mol. The number of benzene rings is 1. The number of fused-ring (bicyclic) bond motifs is 1. The Labute approximate surface area is 140 Å². The molecule has 2 rings (SSSR count). The number of hydrogen-bond acceptors (Lipinski definition) is 4. The third kappa shape index (κ3) is 5.15. The van der Waals surface area contributed by atoms with Gasteiger partial charge in [-0.05, 0) is 30.0 Å². The molecule has 0 radical (unpaired) electrons. The molecule has 24 heavy (non-hydrogen) atoms. The lowest BCUT2D eigenvalue weighted by molar-refractivity contribution is -0.141. The van der Waals surface area contributed by atoms with Crippen LogP contribution in [0, 0.1) is 5.92 Å². The van der Waals surface area contributed by atoms with Crippen molar-refractivity contribution in [1.82, 2.24) is 5.32 Å². The monoisotopic (exact) mass is 331 g/mol. The topological polar surface area (TPSA) is 84.9 Å². The van der Waals surface area contributed by atoms with Crippen LogP contribution in [0.1, 0.15) is 25.8 Å². The molecule has 6 nitrogen and oxygen atoms in total. The number of aliphatic carboxylic acids is 1. The van der Waals surface area contributed by atoms with Gasteiger partial charge in [0.2, 0.25) is 12.7 Å². The molecule has 1 aliphatic heterocycles. The van der Waals surface area contributed by atoms with Crippen molar-refractivity contribution in [1.29, 1.82) is 0 Å². The van der Waals surface area contributed by atoms with Crippen LogP contribution in [0.3, 0.4) is 0 Å². The van der Waals surface area contributed by atoms with Gasteiger partial charge in [0, 0.05) is 6.08 Å². The number of amides is 1. The van der Waals surface area contributed by atoms with E-state index in [9.17, 15) is 9.59 Å². The minimum atomic E-state index is -1.03. The van der Waals surface area contributed by atoms with E-state index in [0.717, 1.165) is 5.56 Å². The zero-order valence-corrected chi connectivity index (χ0v) is 13.7. The van der Waals surface area contributed by atoms with Gasteiger partial charge in [0.15, 0.2) is 11.5 Å². The van der Waals surface area contributed by atoms with Crippen LogP contribution >= 0.6 is 0 Å². The van der Waals surface area contributed by atoms with E-state index in [1.807, 2.05) is 38.1 Å². The molecule has 1 amide bonds. The van der Waals surface area contributed by atoms with Gasteiger partial charge in [-0.2, -0.15) is 0 Å². The van der Waals surface area contributed by atoms with E-state index in [1.54, 1.807) is 12.2 Å². The van der Waals surface area contributed by atoms with Crippen LogP contribution in [0.2, 0.25) is 0 Å². The highest BCUT2D eigenvalue weighted by atomic mass is 16.7. The van der Waals surface area contributed by atoms with Crippen molar-refractivity contribution in [2.24, 2.45) is 5.92 Å². The third-order valence-electron chi connectivity index (χ3n) is 3.37. The van der Waals surface area contributed by atoms with Gasteiger partial charge in [-0.25, -0.2) is 4.79 Å². The molecule has 2 N–H and O–H groups in total. The van der Waals surface area contributed by atoms with Crippen LogP contribution in [0.15, 0.2) is 36.4 Å². The van der Waals surface area contributed by atoms with Crippen molar-refractivity contribution in [3.63, 3.8) is 0 Å². The summed E-state index contributed by atoms with van der Waals surface area (Å²) in [5.74, 6) is 0.129. The van der Waals surface area contributed by atoms with Crippen molar-refractivity contribution in [3.8, 4) is 11.5 Å². The zero-order valence-electron chi connectivity index (χ0n) is 13.7. The maximum absolute atomic E-state index is 11.8. The molecule has 0 spiro atoms. The fourth-order valence-electron chi connectivity index (χ4n) is 2.24. The van der Waals surface area contributed by atoms with Gasteiger partial charge in [-0.15, -0.1) is 0 Å². The molecular weight excluding hydrogens is 310 g/mol. The molecule has 0 bridgehead atoms. The largest absolute Gasteiger partial charge is 0.480 e. The highest BCUT2D eigenvalue weighted by Crippen LogP contribution is 2.32. The molecule has 1 aliphatic rings. The lowest BCUT2D eigenvalue weighted by Gasteiger charge is -2.15. The number of carboxylic acids is 1. The Morgan fingerprint density at radius 1 is 1.25 bits per heavy atom. The van der Waals surface area contributed by atoms with E-state index < -0.39 is 17.9 Å². The first-order chi connectivity index (χ1) is 11.5. The van der Waals surface area contributed by atoms with E-state index in [0.29, 0.717) is 17.9 Å². The number of carboxylic acid groups (broad SMARTS) is 1. The van der Waals surface area contributed by atoms with Gasteiger partial charge in [0.25, 0.3) is 0 Å². The smallest absolute Gasteiger partial charge is 0.326 e. The standard InChI is InChI=1S/C18H21NO5/c1-12(2)9-14(18(21)22)19-17(20)6-4-3-5-13-7-8-15-16(10-13)24-11-23-15/h3-8,10,12,14H,9,11H2,1-2H3,(H,19,20)(H,21,22)/b5-3+,6-4+/t14-/m0/s1. The molecule has 0 aliphatic carbocycles. The Morgan fingerprint density at radius 2 is 2.00 bits per heavy atom. The van der Waals surface area contributed by atoms with Crippen LogP contribution < -0.4 is 14.8 Å². The van der Waals surface area contributed by atoms with E-state index in [2.05, 4.69) is 5.32 Å². The maximum Gasteiger partial charge on any atom is 0.326 e. The lowest BCUT2D eigenvalue weighted by Crippen LogP contribution is -2.40. The number of ether oxygens (including phenoxy) is 2. The Kier molecular flexibility index (Phi) is 6.01. The van der Waals surface area contributed by atoms with Crippen molar-refractivity contribution < 1.29 is 24.2 Å². The van der Waals surface area contributed by atoms with Crippen LogP contribution in [0.5, 0.6) is 11.5 Å². The zero-order chi connectivity index (χ0) is 17.5. The summed E-state index contributed by atoms with van der Waals surface area (Å²) >= 11 is 0. The summed E-state index contributed by atoms with van der Waals surface area (Å²) in [6, 6.07) is 4.67. The summed E-state index contributed by atoms with van der Waals surface area (Å²) in [6.07, 6.45) is 6.78. The normalized spacial score (nSPS) is 14.5. The second-order valence-electron chi connectivity index (χ2n) is 5.86. The maximum atomic E-state index is 11.8. The Balaban J connectivity index is 1.88. The summed E-state index contributed by atoms with van der Waals surface area (Å²) in [5.41, 5.74) is 0.910. The van der Waals surface area contributed by atoms with Crippen LogP contribution in [0.4, 0.5) is 0 Å². The summed E-state index contributed by atoms with van der Waals surface area (Å²) in [4.78, 5) is 22.9. The highest BCUT2D eigenvalue weighted by molar-refractivity contribution is 5.91. The van der Waals surface area contributed by atoms with Crippen LogP contribution in [0.25, 0.3) is 6.08 Å². The minimum Gasteiger partial charge on any atom is -0.480 e. The van der Waals surface area contributed by atoms with Crippen LogP contribution in [-0.4, -0.2) is 29.8 Å². The molecule has 0 saturated heterocycles. The summed E-state index contributed by atoms with van der Waals surface area (Å²) in [5, 5.41) is 11.6. The Hall–Kier alpha value is -2.76. The van der Waals surface area contributed by atoms with Gasteiger partial charge < -0.3 is 19.9 Å². The molecule has 128 valence electrons. The molecule has 0 unspecified atom stereocenters. The fraction of sp³-hybridized carbons (Fsp3) is 0.333. The number of hydrogen-bond donors (Lipinski definition) is 2. The number of rotatable bonds is 7. The van der Waals surface area contributed by atoms with E-state index in [1.165, 1.54) is 6.08 Å². The van der Waals surface area contributed by atoms with Gasteiger partial charge in [-0.3, -0.25) is 4.79 Å². The van der Waals surface area contributed by atoms with Gasteiger partial charge in [0.1, 0.15) is 6.04 Å². The average molecular weight is 331 g/mol.